The molecule has 7 nitrogen and oxygen atoms in total. The summed E-state index contributed by atoms with van der Waals surface area (Å²) in [5.74, 6) is -0.553. The van der Waals surface area contributed by atoms with E-state index < -0.39 is 17.9 Å². The Hall–Kier alpha value is -2.18. The first-order valence-corrected chi connectivity index (χ1v) is 5.22. The maximum atomic E-state index is 11.7. The fourth-order valence-corrected chi connectivity index (χ4v) is 1.60. The number of amides is 3. The molecule has 3 N–H and O–H groups in total. The van der Waals surface area contributed by atoms with E-state index in [1.54, 1.807) is 6.92 Å². The number of imidazole rings is 1. The lowest BCUT2D eigenvalue weighted by Gasteiger charge is -2.21. The van der Waals surface area contributed by atoms with E-state index in [0.717, 1.165) is 0 Å². The summed E-state index contributed by atoms with van der Waals surface area (Å²) in [5, 5.41) is 4.72. The van der Waals surface area contributed by atoms with Crippen LogP contribution in [0.1, 0.15) is 29.2 Å². The lowest BCUT2D eigenvalue weighted by molar-refractivity contribution is -0.134. The van der Waals surface area contributed by atoms with E-state index in [4.69, 9.17) is 0 Å². The number of rotatable bonds is 2. The van der Waals surface area contributed by atoms with Gasteiger partial charge in [0.15, 0.2) is 0 Å². The number of aromatic amines is 1. The van der Waals surface area contributed by atoms with Crippen molar-refractivity contribution in [2.75, 3.05) is 0 Å². The number of nitrogens with one attached hydrogen (secondary N) is 3. The van der Waals surface area contributed by atoms with E-state index in [-0.39, 0.29) is 12.3 Å². The molecule has 2 heterocycles. The third-order valence-electron chi connectivity index (χ3n) is 2.49. The smallest absolute Gasteiger partial charge is 0.270 e. The fraction of sp³-hybridized carbons (Fsp3) is 0.400. The van der Waals surface area contributed by atoms with Crippen LogP contribution in [-0.2, 0) is 9.59 Å². The van der Waals surface area contributed by atoms with Gasteiger partial charge < -0.3 is 10.3 Å². The SMILES string of the molecule is Cc1ncc(C(=O)NC2CCC(=O)NC2=O)[nH]1. The van der Waals surface area contributed by atoms with Gasteiger partial charge in [-0.15, -0.1) is 0 Å². The van der Waals surface area contributed by atoms with E-state index in [9.17, 15) is 14.4 Å². The molecule has 1 aliphatic rings. The first-order valence-electron chi connectivity index (χ1n) is 5.22. The predicted molar refractivity (Wildman–Crippen MR) is 57.0 cm³/mol. The standard InChI is InChI=1S/C10H12N4O3/c1-5-11-4-7(12-5)10(17)13-6-2-3-8(15)14-9(6)16/h4,6H,2-3H2,1H3,(H,11,12)(H,13,17)(H,14,15,16). The van der Waals surface area contributed by atoms with E-state index in [1.165, 1.54) is 6.20 Å². The Balaban J connectivity index is 1.99. The third kappa shape index (κ3) is 2.49. The summed E-state index contributed by atoms with van der Waals surface area (Å²) in [6.45, 7) is 1.72. The van der Waals surface area contributed by atoms with E-state index >= 15 is 0 Å². The molecule has 0 aliphatic carbocycles. The van der Waals surface area contributed by atoms with Crippen LogP contribution in [0.25, 0.3) is 0 Å². The fourth-order valence-electron chi connectivity index (χ4n) is 1.60. The van der Waals surface area contributed by atoms with Gasteiger partial charge in [-0.05, 0) is 13.3 Å². The van der Waals surface area contributed by atoms with Gasteiger partial charge >= 0.3 is 0 Å². The second-order valence-electron chi connectivity index (χ2n) is 3.86. The molecule has 3 amide bonds. The minimum Gasteiger partial charge on any atom is -0.339 e. The molecule has 7 heteroatoms. The minimum absolute atomic E-state index is 0.235. The van der Waals surface area contributed by atoms with Crippen LogP contribution in [0.4, 0.5) is 0 Å². The van der Waals surface area contributed by atoms with E-state index in [1.807, 2.05) is 0 Å². The molecule has 1 unspecified atom stereocenters. The number of H-pyrrole nitrogens is 1. The molecule has 1 fully saturated rings. The van der Waals surface area contributed by atoms with Gasteiger partial charge in [0.05, 0.1) is 6.20 Å². The van der Waals surface area contributed by atoms with Crippen molar-refractivity contribution in [2.45, 2.75) is 25.8 Å². The molecule has 0 aromatic carbocycles. The molecule has 0 radical (unpaired) electrons. The molecule has 2 rings (SSSR count). The highest BCUT2D eigenvalue weighted by Crippen LogP contribution is 2.05. The Morgan fingerprint density at radius 2 is 2.29 bits per heavy atom. The number of carbonyl (C=O) groups is 3. The second kappa shape index (κ2) is 4.36. The van der Waals surface area contributed by atoms with Gasteiger partial charge in [-0.1, -0.05) is 0 Å². The highest BCUT2D eigenvalue weighted by molar-refractivity contribution is 6.03. The number of hydrogen-bond acceptors (Lipinski definition) is 4. The van der Waals surface area contributed by atoms with Crippen molar-refractivity contribution in [3.05, 3.63) is 17.7 Å². The number of imide groups is 1. The van der Waals surface area contributed by atoms with Gasteiger partial charge in [-0.2, -0.15) is 0 Å². The Kier molecular flexibility index (Phi) is 2.90. The van der Waals surface area contributed by atoms with E-state index in [2.05, 4.69) is 20.6 Å². The topological polar surface area (TPSA) is 104 Å². The largest absolute Gasteiger partial charge is 0.339 e. The normalized spacial score (nSPS) is 19.9. The van der Waals surface area contributed by atoms with Crippen molar-refractivity contribution in [3.63, 3.8) is 0 Å². The van der Waals surface area contributed by atoms with Crippen molar-refractivity contribution < 1.29 is 14.4 Å². The van der Waals surface area contributed by atoms with Crippen LogP contribution in [0.5, 0.6) is 0 Å². The van der Waals surface area contributed by atoms with Crippen molar-refractivity contribution in [2.24, 2.45) is 0 Å². The lowest BCUT2D eigenvalue weighted by atomic mass is 10.1. The van der Waals surface area contributed by atoms with Crippen LogP contribution in [0.2, 0.25) is 0 Å². The van der Waals surface area contributed by atoms with E-state index in [0.29, 0.717) is 17.9 Å². The van der Waals surface area contributed by atoms with Crippen molar-refractivity contribution in [1.82, 2.24) is 20.6 Å². The number of aryl methyl sites for hydroxylation is 1. The summed E-state index contributed by atoms with van der Waals surface area (Å²) in [5.41, 5.74) is 0.298. The maximum Gasteiger partial charge on any atom is 0.270 e. The zero-order valence-electron chi connectivity index (χ0n) is 9.24. The average molecular weight is 236 g/mol. The summed E-state index contributed by atoms with van der Waals surface area (Å²) in [4.78, 5) is 40.7. The molecule has 1 atom stereocenters. The highest BCUT2D eigenvalue weighted by atomic mass is 16.2. The molecule has 0 bridgehead atoms. The van der Waals surface area contributed by atoms with Crippen LogP contribution >= 0.6 is 0 Å². The number of carbonyl (C=O) groups excluding carboxylic acids is 3. The number of nitrogens with zero attached hydrogens (tertiary/aromatic N) is 1. The van der Waals surface area contributed by atoms with Crippen LogP contribution in [-0.4, -0.2) is 33.7 Å². The van der Waals surface area contributed by atoms with Crippen LogP contribution in [0.3, 0.4) is 0 Å². The summed E-state index contributed by atoms with van der Waals surface area (Å²) in [6.07, 6.45) is 1.96. The van der Waals surface area contributed by atoms with Crippen molar-refractivity contribution >= 4 is 17.7 Å². The second-order valence-corrected chi connectivity index (χ2v) is 3.86. The Labute approximate surface area is 97.0 Å². The van der Waals surface area contributed by atoms with Gasteiger partial charge in [0, 0.05) is 6.42 Å². The first-order chi connectivity index (χ1) is 8.06. The van der Waals surface area contributed by atoms with Gasteiger partial charge in [-0.25, -0.2) is 4.98 Å². The molecule has 1 aromatic rings. The monoisotopic (exact) mass is 236 g/mol. The summed E-state index contributed by atoms with van der Waals surface area (Å²) in [7, 11) is 0. The number of piperidine rings is 1. The molecule has 1 aliphatic heterocycles. The molecular weight excluding hydrogens is 224 g/mol. The average Bonchev–Trinajstić information content (AvgIpc) is 2.69. The third-order valence-corrected chi connectivity index (χ3v) is 2.49. The zero-order valence-corrected chi connectivity index (χ0v) is 9.24. The van der Waals surface area contributed by atoms with Gasteiger partial charge in [-0.3, -0.25) is 19.7 Å². The maximum absolute atomic E-state index is 11.7. The summed E-state index contributed by atoms with van der Waals surface area (Å²) >= 11 is 0. The molecule has 0 spiro atoms. The molecule has 1 saturated heterocycles. The molecule has 90 valence electrons. The molecule has 1 aromatic heterocycles. The van der Waals surface area contributed by atoms with Gasteiger partial charge in [0.1, 0.15) is 17.6 Å². The Morgan fingerprint density at radius 3 is 2.88 bits per heavy atom. The predicted octanol–water partition coefficient (Wildman–Crippen LogP) is -0.747. The first kappa shape index (κ1) is 11.3. The molecule has 17 heavy (non-hydrogen) atoms. The molecular formula is C10H12N4O3. The zero-order chi connectivity index (χ0) is 12.4. The van der Waals surface area contributed by atoms with Crippen molar-refractivity contribution in [3.8, 4) is 0 Å². The van der Waals surface area contributed by atoms with Crippen molar-refractivity contribution in [1.29, 1.82) is 0 Å². The Morgan fingerprint density at radius 1 is 1.53 bits per heavy atom. The van der Waals surface area contributed by atoms with Gasteiger partial charge in [0.25, 0.3) is 5.91 Å². The number of hydrogen-bond donors (Lipinski definition) is 3. The summed E-state index contributed by atoms with van der Waals surface area (Å²) in [6, 6.07) is -0.663. The Bertz CT molecular complexity index is 480. The molecule has 0 saturated carbocycles. The van der Waals surface area contributed by atoms with Crippen LogP contribution in [0.15, 0.2) is 6.20 Å². The highest BCUT2D eigenvalue weighted by Gasteiger charge is 2.28. The lowest BCUT2D eigenvalue weighted by Crippen LogP contribution is -2.52. The van der Waals surface area contributed by atoms with Crippen LogP contribution in [0, 0.1) is 6.92 Å². The minimum atomic E-state index is -0.663. The van der Waals surface area contributed by atoms with Gasteiger partial charge in [0.2, 0.25) is 11.8 Å². The van der Waals surface area contributed by atoms with Crippen LogP contribution < -0.4 is 10.6 Å². The quantitative estimate of drug-likeness (QED) is 0.588. The summed E-state index contributed by atoms with van der Waals surface area (Å²) < 4.78 is 0. The number of aromatic nitrogens is 2.